The molecule has 1 atom stereocenters. The van der Waals surface area contributed by atoms with Crippen LogP contribution in [0.5, 0.6) is 0 Å². The van der Waals surface area contributed by atoms with Crippen LogP contribution in [0.3, 0.4) is 0 Å². The third-order valence-electron chi connectivity index (χ3n) is 4.53. The lowest BCUT2D eigenvalue weighted by molar-refractivity contribution is -0.144. The molecule has 2 rings (SSSR count). The lowest BCUT2D eigenvalue weighted by atomic mass is 10.0. The zero-order valence-electron chi connectivity index (χ0n) is 18.3. The van der Waals surface area contributed by atoms with Gasteiger partial charge in [-0.25, -0.2) is 9.59 Å². The quantitative estimate of drug-likeness (QED) is 0.516. The standard InChI is InChI=1S/C22H32N2O6/c1-5-28-19(25)15-24(21(27)29-16-17-10-7-6-8-11-17)18-12-9-13-23(14-18)20(26)30-22(2,3)4/h6-8,10-11,18H,5,9,12-16H2,1-4H3/t18-/m1/s1. The molecular weight excluding hydrogens is 388 g/mol. The van der Waals surface area contributed by atoms with Gasteiger partial charge >= 0.3 is 18.2 Å². The minimum absolute atomic E-state index is 0.0987. The van der Waals surface area contributed by atoms with Gasteiger partial charge in [0, 0.05) is 13.1 Å². The van der Waals surface area contributed by atoms with E-state index in [1.165, 1.54) is 4.90 Å². The van der Waals surface area contributed by atoms with E-state index in [0.29, 0.717) is 19.4 Å². The van der Waals surface area contributed by atoms with Gasteiger partial charge in [0.05, 0.1) is 12.6 Å². The van der Waals surface area contributed by atoms with Gasteiger partial charge in [-0.3, -0.25) is 9.69 Å². The average molecular weight is 421 g/mol. The highest BCUT2D eigenvalue weighted by Gasteiger charge is 2.34. The molecule has 1 aromatic carbocycles. The first kappa shape index (κ1) is 23.5. The monoisotopic (exact) mass is 420 g/mol. The van der Waals surface area contributed by atoms with Crippen molar-refractivity contribution in [1.82, 2.24) is 9.80 Å². The molecule has 0 bridgehead atoms. The van der Waals surface area contributed by atoms with E-state index in [1.54, 1.807) is 32.6 Å². The number of esters is 1. The van der Waals surface area contributed by atoms with Crippen LogP contribution in [0.15, 0.2) is 30.3 Å². The second-order valence-electron chi connectivity index (χ2n) is 8.20. The normalized spacial score (nSPS) is 16.5. The summed E-state index contributed by atoms with van der Waals surface area (Å²) in [4.78, 5) is 40.3. The molecule has 1 aromatic rings. The summed E-state index contributed by atoms with van der Waals surface area (Å²) >= 11 is 0. The lowest BCUT2D eigenvalue weighted by Gasteiger charge is -2.38. The first-order chi connectivity index (χ1) is 14.2. The molecule has 1 heterocycles. The van der Waals surface area contributed by atoms with Crippen LogP contribution in [-0.2, 0) is 25.6 Å². The molecule has 1 fully saturated rings. The van der Waals surface area contributed by atoms with Crippen molar-refractivity contribution in [3.63, 3.8) is 0 Å². The third kappa shape index (κ3) is 7.57. The summed E-state index contributed by atoms with van der Waals surface area (Å²) in [7, 11) is 0. The maximum absolute atomic E-state index is 12.8. The maximum Gasteiger partial charge on any atom is 0.410 e. The van der Waals surface area contributed by atoms with Gasteiger partial charge in [-0.05, 0) is 46.1 Å². The van der Waals surface area contributed by atoms with Gasteiger partial charge in [0.2, 0.25) is 0 Å². The number of benzene rings is 1. The number of likely N-dealkylation sites (tertiary alicyclic amines) is 1. The molecule has 8 nitrogen and oxygen atoms in total. The molecule has 1 aliphatic heterocycles. The lowest BCUT2D eigenvalue weighted by Crippen LogP contribution is -2.54. The van der Waals surface area contributed by atoms with E-state index in [1.807, 2.05) is 30.3 Å². The summed E-state index contributed by atoms with van der Waals surface area (Å²) in [5, 5.41) is 0. The van der Waals surface area contributed by atoms with E-state index in [9.17, 15) is 14.4 Å². The van der Waals surface area contributed by atoms with E-state index in [-0.39, 0.29) is 32.3 Å². The summed E-state index contributed by atoms with van der Waals surface area (Å²) in [5.41, 5.74) is 0.240. The molecule has 0 spiro atoms. The van der Waals surface area contributed by atoms with E-state index in [0.717, 1.165) is 5.56 Å². The number of carbonyl (C=O) groups is 3. The van der Waals surface area contributed by atoms with Gasteiger partial charge in [0.15, 0.2) is 0 Å². The first-order valence-corrected chi connectivity index (χ1v) is 10.3. The molecule has 8 heteroatoms. The van der Waals surface area contributed by atoms with E-state index >= 15 is 0 Å². The highest BCUT2D eigenvalue weighted by molar-refractivity contribution is 5.78. The van der Waals surface area contributed by atoms with Crippen LogP contribution in [0, 0.1) is 0 Å². The maximum atomic E-state index is 12.8. The zero-order chi connectivity index (χ0) is 22.1. The van der Waals surface area contributed by atoms with Crippen LogP contribution in [0.1, 0.15) is 46.1 Å². The second kappa shape index (κ2) is 10.8. The van der Waals surface area contributed by atoms with Crippen molar-refractivity contribution in [2.45, 2.75) is 58.8 Å². The highest BCUT2D eigenvalue weighted by Crippen LogP contribution is 2.20. The van der Waals surface area contributed by atoms with Crippen LogP contribution < -0.4 is 0 Å². The minimum Gasteiger partial charge on any atom is -0.465 e. The van der Waals surface area contributed by atoms with Crippen molar-refractivity contribution in [3.8, 4) is 0 Å². The summed E-state index contributed by atoms with van der Waals surface area (Å²) in [6, 6.07) is 8.95. The van der Waals surface area contributed by atoms with Crippen molar-refractivity contribution < 1.29 is 28.6 Å². The summed E-state index contributed by atoms with van der Waals surface area (Å²) in [6.45, 7) is 8.03. The topological polar surface area (TPSA) is 85.4 Å². The van der Waals surface area contributed by atoms with Crippen LogP contribution in [0.4, 0.5) is 9.59 Å². The van der Waals surface area contributed by atoms with Crippen molar-refractivity contribution in [1.29, 1.82) is 0 Å². The Morgan fingerprint density at radius 3 is 2.47 bits per heavy atom. The molecule has 0 saturated carbocycles. The number of ether oxygens (including phenoxy) is 3. The Balaban J connectivity index is 2.07. The number of hydrogen-bond acceptors (Lipinski definition) is 6. The van der Waals surface area contributed by atoms with Crippen LogP contribution in [0.2, 0.25) is 0 Å². The molecule has 30 heavy (non-hydrogen) atoms. The van der Waals surface area contributed by atoms with Crippen molar-refractivity contribution in [3.05, 3.63) is 35.9 Å². The van der Waals surface area contributed by atoms with Gasteiger partial charge in [0.1, 0.15) is 18.8 Å². The Morgan fingerprint density at radius 1 is 1.13 bits per heavy atom. The van der Waals surface area contributed by atoms with E-state index < -0.39 is 23.8 Å². The SMILES string of the molecule is CCOC(=O)CN(C(=O)OCc1ccccc1)[C@@H]1CCCN(C(=O)OC(C)(C)C)C1. The Labute approximate surface area is 178 Å². The first-order valence-electron chi connectivity index (χ1n) is 10.3. The molecule has 2 amide bonds. The Bertz CT molecular complexity index is 716. The molecule has 1 saturated heterocycles. The fourth-order valence-electron chi connectivity index (χ4n) is 3.19. The molecule has 0 aliphatic carbocycles. The fourth-order valence-corrected chi connectivity index (χ4v) is 3.19. The van der Waals surface area contributed by atoms with Crippen LogP contribution in [-0.4, -0.2) is 65.8 Å². The Hall–Kier alpha value is -2.77. The minimum atomic E-state index is -0.608. The summed E-state index contributed by atoms with van der Waals surface area (Å²) in [6.07, 6.45) is 0.304. The third-order valence-corrected chi connectivity index (χ3v) is 4.53. The number of nitrogens with zero attached hydrogens (tertiary/aromatic N) is 2. The Morgan fingerprint density at radius 2 is 1.83 bits per heavy atom. The number of piperidine rings is 1. The fraction of sp³-hybridized carbons (Fsp3) is 0.591. The molecule has 0 N–H and O–H groups in total. The van der Waals surface area contributed by atoms with Gasteiger partial charge in [-0.15, -0.1) is 0 Å². The second-order valence-corrected chi connectivity index (χ2v) is 8.20. The average Bonchev–Trinajstić information content (AvgIpc) is 2.70. The predicted octanol–water partition coefficient (Wildman–Crippen LogP) is 3.59. The van der Waals surface area contributed by atoms with Crippen LogP contribution in [0.25, 0.3) is 0 Å². The van der Waals surface area contributed by atoms with Gasteiger partial charge in [-0.1, -0.05) is 30.3 Å². The highest BCUT2D eigenvalue weighted by atomic mass is 16.6. The smallest absolute Gasteiger partial charge is 0.410 e. The van der Waals surface area contributed by atoms with Crippen molar-refractivity contribution >= 4 is 18.2 Å². The van der Waals surface area contributed by atoms with E-state index in [2.05, 4.69) is 0 Å². The summed E-state index contributed by atoms with van der Waals surface area (Å²) < 4.78 is 15.9. The van der Waals surface area contributed by atoms with Crippen molar-refractivity contribution in [2.24, 2.45) is 0 Å². The number of carbonyl (C=O) groups excluding carboxylic acids is 3. The molecular formula is C22H32N2O6. The molecule has 166 valence electrons. The molecule has 0 aromatic heterocycles. The molecule has 0 radical (unpaired) electrons. The number of amides is 2. The number of hydrogen-bond donors (Lipinski definition) is 0. The number of rotatable bonds is 6. The molecule has 1 aliphatic rings. The van der Waals surface area contributed by atoms with Gasteiger partial charge < -0.3 is 19.1 Å². The predicted molar refractivity (Wildman–Crippen MR) is 111 cm³/mol. The van der Waals surface area contributed by atoms with Crippen molar-refractivity contribution in [2.75, 3.05) is 26.2 Å². The summed E-state index contributed by atoms with van der Waals surface area (Å²) in [5.74, 6) is -0.511. The van der Waals surface area contributed by atoms with Gasteiger partial charge in [0.25, 0.3) is 0 Å². The molecule has 0 unspecified atom stereocenters. The zero-order valence-corrected chi connectivity index (χ0v) is 18.3. The largest absolute Gasteiger partial charge is 0.465 e. The van der Waals surface area contributed by atoms with Gasteiger partial charge in [-0.2, -0.15) is 0 Å². The van der Waals surface area contributed by atoms with Crippen LogP contribution >= 0.6 is 0 Å². The Kier molecular flexibility index (Phi) is 8.50. The van der Waals surface area contributed by atoms with E-state index in [4.69, 9.17) is 14.2 Å².